The average molecular weight is 242 g/mol. The Hall–Kier alpha value is -0.290. The number of hydrogen-bond donors (Lipinski definition) is 1. The Balaban J connectivity index is 3.21. The van der Waals surface area contributed by atoms with Gasteiger partial charge in [-0.1, -0.05) is 32.1 Å². The number of rotatable bonds is 9. The van der Waals surface area contributed by atoms with Crippen molar-refractivity contribution in [2.45, 2.75) is 57.2 Å². The molecule has 0 spiro atoms. The molecule has 0 amide bonds. The van der Waals surface area contributed by atoms with Gasteiger partial charge in [0.25, 0.3) is 0 Å². The molecule has 98 valence electrons. The summed E-state index contributed by atoms with van der Waals surface area (Å²) < 4.78 is 40.6. The van der Waals surface area contributed by atoms with Gasteiger partial charge in [0, 0.05) is 13.7 Å². The fourth-order valence-electron chi connectivity index (χ4n) is 1.45. The Morgan fingerprint density at radius 1 is 1.00 bits per heavy atom. The van der Waals surface area contributed by atoms with Crippen LogP contribution in [0, 0.1) is 0 Å². The minimum Gasteiger partial charge on any atom is -0.385 e. The van der Waals surface area contributed by atoms with Gasteiger partial charge in [0.1, 0.15) is 6.10 Å². The first-order chi connectivity index (χ1) is 7.48. The van der Waals surface area contributed by atoms with Gasteiger partial charge in [-0.15, -0.1) is 0 Å². The van der Waals surface area contributed by atoms with Crippen molar-refractivity contribution in [1.29, 1.82) is 0 Å². The summed E-state index contributed by atoms with van der Waals surface area (Å²) in [5.41, 5.74) is 0. The van der Waals surface area contributed by atoms with Crippen molar-refractivity contribution in [2.24, 2.45) is 0 Å². The zero-order valence-electron chi connectivity index (χ0n) is 9.72. The maximum Gasteiger partial charge on any atom is 0.414 e. The van der Waals surface area contributed by atoms with Gasteiger partial charge in [0.05, 0.1) is 0 Å². The van der Waals surface area contributed by atoms with Crippen molar-refractivity contribution in [3.05, 3.63) is 0 Å². The Morgan fingerprint density at radius 3 is 2.00 bits per heavy atom. The lowest BCUT2D eigenvalue weighted by Gasteiger charge is -2.13. The first kappa shape index (κ1) is 15.7. The SMILES string of the molecule is COCCCCCCCCC(O)C(F)(F)F. The van der Waals surface area contributed by atoms with Gasteiger partial charge >= 0.3 is 6.18 Å². The number of halogens is 3. The number of hydrogen-bond acceptors (Lipinski definition) is 2. The first-order valence-corrected chi connectivity index (χ1v) is 5.72. The molecular weight excluding hydrogens is 221 g/mol. The van der Waals surface area contributed by atoms with Crippen LogP contribution in [0.1, 0.15) is 44.9 Å². The van der Waals surface area contributed by atoms with Gasteiger partial charge in [0.15, 0.2) is 0 Å². The fourth-order valence-corrected chi connectivity index (χ4v) is 1.45. The van der Waals surface area contributed by atoms with Crippen LogP contribution in [-0.2, 0) is 4.74 Å². The molecule has 0 aliphatic heterocycles. The summed E-state index contributed by atoms with van der Waals surface area (Å²) in [6, 6.07) is 0. The monoisotopic (exact) mass is 242 g/mol. The largest absolute Gasteiger partial charge is 0.414 e. The molecule has 5 heteroatoms. The smallest absolute Gasteiger partial charge is 0.385 e. The topological polar surface area (TPSA) is 29.5 Å². The van der Waals surface area contributed by atoms with Crippen LogP contribution in [-0.4, -0.2) is 31.1 Å². The van der Waals surface area contributed by atoms with Crippen LogP contribution in [0.15, 0.2) is 0 Å². The molecule has 2 nitrogen and oxygen atoms in total. The predicted molar refractivity (Wildman–Crippen MR) is 56.3 cm³/mol. The third kappa shape index (κ3) is 8.97. The minimum absolute atomic E-state index is 0.179. The fraction of sp³-hybridized carbons (Fsp3) is 1.00. The molecule has 1 unspecified atom stereocenters. The average Bonchev–Trinajstić information content (AvgIpc) is 2.20. The van der Waals surface area contributed by atoms with Gasteiger partial charge in [-0.25, -0.2) is 0 Å². The summed E-state index contributed by atoms with van der Waals surface area (Å²) >= 11 is 0. The standard InChI is InChI=1S/C11H21F3O2/c1-16-9-7-5-3-2-4-6-8-10(15)11(12,13)14/h10,15H,2-9H2,1H3. The zero-order chi connectivity index (χ0) is 12.4. The van der Waals surface area contributed by atoms with Crippen LogP contribution in [0.5, 0.6) is 0 Å². The second-order valence-electron chi connectivity index (χ2n) is 3.96. The summed E-state index contributed by atoms with van der Waals surface area (Å²) in [6.45, 7) is 0.743. The van der Waals surface area contributed by atoms with Gasteiger partial charge in [-0.05, 0) is 12.8 Å². The van der Waals surface area contributed by atoms with E-state index < -0.39 is 12.3 Å². The molecule has 1 N–H and O–H groups in total. The molecule has 0 radical (unpaired) electrons. The lowest BCUT2D eigenvalue weighted by molar-refractivity contribution is -0.205. The summed E-state index contributed by atoms with van der Waals surface area (Å²) in [5.74, 6) is 0. The highest BCUT2D eigenvalue weighted by Crippen LogP contribution is 2.24. The van der Waals surface area contributed by atoms with Crippen molar-refractivity contribution >= 4 is 0 Å². The van der Waals surface area contributed by atoms with Gasteiger partial charge in [0.2, 0.25) is 0 Å². The van der Waals surface area contributed by atoms with E-state index in [0.717, 1.165) is 38.7 Å². The molecule has 0 aromatic heterocycles. The van der Waals surface area contributed by atoms with E-state index in [1.807, 2.05) is 0 Å². The second kappa shape index (κ2) is 8.82. The van der Waals surface area contributed by atoms with E-state index in [0.29, 0.717) is 6.42 Å². The van der Waals surface area contributed by atoms with Crippen LogP contribution in [0.2, 0.25) is 0 Å². The summed E-state index contributed by atoms with van der Waals surface area (Å²) in [5, 5.41) is 8.72. The van der Waals surface area contributed by atoms with Crippen LogP contribution in [0.25, 0.3) is 0 Å². The number of aliphatic hydroxyl groups excluding tert-OH is 1. The molecule has 0 aliphatic carbocycles. The molecule has 0 rings (SSSR count). The molecular formula is C11H21F3O2. The molecule has 0 aromatic rings. The minimum atomic E-state index is -4.46. The van der Waals surface area contributed by atoms with Crippen LogP contribution >= 0.6 is 0 Å². The van der Waals surface area contributed by atoms with Crippen LogP contribution in [0.4, 0.5) is 13.2 Å². The second-order valence-corrected chi connectivity index (χ2v) is 3.96. The Kier molecular flexibility index (Phi) is 8.66. The lowest BCUT2D eigenvalue weighted by atomic mass is 10.1. The normalized spacial score (nSPS) is 14.1. The van der Waals surface area contributed by atoms with E-state index in [-0.39, 0.29) is 6.42 Å². The number of methoxy groups -OCH3 is 1. The third-order valence-corrected chi connectivity index (χ3v) is 2.45. The lowest BCUT2D eigenvalue weighted by Crippen LogP contribution is -2.28. The number of aliphatic hydroxyl groups is 1. The number of unbranched alkanes of at least 4 members (excludes halogenated alkanes) is 5. The molecule has 0 aromatic carbocycles. The Bertz CT molecular complexity index is 160. The maximum absolute atomic E-state index is 11.9. The first-order valence-electron chi connectivity index (χ1n) is 5.72. The van der Waals surface area contributed by atoms with E-state index in [9.17, 15) is 13.2 Å². The van der Waals surface area contributed by atoms with E-state index >= 15 is 0 Å². The van der Waals surface area contributed by atoms with Crippen molar-refractivity contribution in [1.82, 2.24) is 0 Å². The van der Waals surface area contributed by atoms with Gasteiger partial charge in [-0.3, -0.25) is 0 Å². The predicted octanol–water partition coefficient (Wildman–Crippen LogP) is 3.29. The van der Waals surface area contributed by atoms with Crippen molar-refractivity contribution in [3.63, 3.8) is 0 Å². The summed E-state index contributed by atoms with van der Waals surface area (Å²) in [6.07, 6.45) is -1.61. The molecule has 0 aliphatic rings. The molecule has 0 fully saturated rings. The van der Waals surface area contributed by atoms with E-state index in [2.05, 4.69) is 0 Å². The summed E-state index contributed by atoms with van der Waals surface area (Å²) in [4.78, 5) is 0. The third-order valence-electron chi connectivity index (χ3n) is 2.45. The Morgan fingerprint density at radius 2 is 1.50 bits per heavy atom. The van der Waals surface area contributed by atoms with Crippen LogP contribution in [0.3, 0.4) is 0 Å². The van der Waals surface area contributed by atoms with E-state index in [1.165, 1.54) is 0 Å². The molecule has 1 atom stereocenters. The summed E-state index contributed by atoms with van der Waals surface area (Å²) in [7, 11) is 1.65. The zero-order valence-corrected chi connectivity index (χ0v) is 9.72. The molecule has 0 saturated heterocycles. The Labute approximate surface area is 94.8 Å². The van der Waals surface area contributed by atoms with Crippen LogP contribution < -0.4 is 0 Å². The number of alkyl halides is 3. The van der Waals surface area contributed by atoms with Crippen molar-refractivity contribution in [3.8, 4) is 0 Å². The highest BCUT2D eigenvalue weighted by molar-refractivity contribution is 4.64. The highest BCUT2D eigenvalue weighted by atomic mass is 19.4. The molecule has 0 saturated carbocycles. The van der Waals surface area contributed by atoms with Crippen molar-refractivity contribution < 1.29 is 23.0 Å². The molecule has 16 heavy (non-hydrogen) atoms. The quantitative estimate of drug-likeness (QED) is 0.629. The van der Waals surface area contributed by atoms with Crippen molar-refractivity contribution in [2.75, 3.05) is 13.7 Å². The molecule has 0 heterocycles. The highest BCUT2D eigenvalue weighted by Gasteiger charge is 2.37. The maximum atomic E-state index is 11.9. The number of ether oxygens (including phenoxy) is 1. The van der Waals surface area contributed by atoms with E-state index in [4.69, 9.17) is 9.84 Å². The van der Waals surface area contributed by atoms with E-state index in [1.54, 1.807) is 7.11 Å². The molecule has 0 bridgehead atoms. The van der Waals surface area contributed by atoms with Gasteiger partial charge in [-0.2, -0.15) is 13.2 Å². The van der Waals surface area contributed by atoms with Gasteiger partial charge < -0.3 is 9.84 Å².